The summed E-state index contributed by atoms with van der Waals surface area (Å²) in [6.07, 6.45) is 8.80. The Morgan fingerprint density at radius 3 is 1.55 bits per heavy atom. The molecule has 8 aromatic carbocycles. The zero-order valence-corrected chi connectivity index (χ0v) is 32.2. The van der Waals surface area contributed by atoms with E-state index in [1.807, 2.05) is 11.8 Å². The summed E-state index contributed by atoms with van der Waals surface area (Å²) in [6, 6.07) is 61.1. The van der Waals surface area contributed by atoms with Crippen LogP contribution in [-0.2, 0) is 5.41 Å². The number of fused-ring (bicyclic) bond motifs is 6. The molecule has 1 nitrogen and oxygen atoms in total. The van der Waals surface area contributed by atoms with Gasteiger partial charge in [-0.15, -0.1) is 0 Å². The third-order valence-electron chi connectivity index (χ3n) is 12.2. The van der Waals surface area contributed by atoms with Crippen molar-refractivity contribution in [2.45, 2.75) is 30.6 Å². The lowest BCUT2D eigenvalue weighted by molar-refractivity contribution is 0.661. The van der Waals surface area contributed by atoms with Gasteiger partial charge in [0.15, 0.2) is 0 Å². The van der Waals surface area contributed by atoms with Gasteiger partial charge < -0.3 is 0 Å². The molecule has 2 heteroatoms. The molecule has 0 saturated heterocycles. The highest BCUT2D eigenvalue weighted by atomic mass is 32.2. The number of allylic oxidation sites excluding steroid dienone is 2. The van der Waals surface area contributed by atoms with Gasteiger partial charge >= 0.3 is 0 Å². The highest BCUT2D eigenvalue weighted by Crippen LogP contribution is 2.55. The van der Waals surface area contributed by atoms with E-state index in [0.29, 0.717) is 5.25 Å². The third kappa shape index (κ3) is 5.13. The van der Waals surface area contributed by atoms with E-state index in [2.05, 4.69) is 202 Å². The normalized spacial score (nSPS) is 17.5. The molecule has 0 aromatic heterocycles. The number of rotatable bonds is 5. The fraction of sp³-hybridized carbons (Fsp3) is 0.0926. The Hall–Kier alpha value is -6.22. The Morgan fingerprint density at radius 1 is 0.429 bits per heavy atom. The summed E-state index contributed by atoms with van der Waals surface area (Å²) in [7, 11) is 0. The fourth-order valence-electron chi connectivity index (χ4n) is 9.50. The molecule has 0 fully saturated rings. The Kier molecular flexibility index (Phi) is 7.66. The zero-order valence-electron chi connectivity index (χ0n) is 31.4. The maximum Gasteiger partial charge on any atom is 0.0991 e. The average molecular weight is 734 g/mol. The highest BCUT2D eigenvalue weighted by molar-refractivity contribution is 8.15. The molecule has 0 amide bonds. The van der Waals surface area contributed by atoms with E-state index in [4.69, 9.17) is 4.99 Å². The van der Waals surface area contributed by atoms with Crippen molar-refractivity contribution >= 4 is 38.4 Å². The first-order valence-corrected chi connectivity index (χ1v) is 20.5. The Balaban J connectivity index is 1.22. The van der Waals surface area contributed by atoms with Crippen LogP contribution in [0.4, 0.5) is 0 Å². The van der Waals surface area contributed by atoms with Gasteiger partial charge in [-0.3, -0.25) is 4.99 Å². The van der Waals surface area contributed by atoms with Gasteiger partial charge in [0, 0.05) is 11.0 Å². The molecule has 0 N–H and O–H groups in total. The monoisotopic (exact) mass is 733 g/mol. The fourth-order valence-corrected chi connectivity index (χ4v) is 10.7. The molecule has 2 atom stereocenters. The van der Waals surface area contributed by atoms with E-state index in [9.17, 15) is 0 Å². The van der Waals surface area contributed by atoms with Crippen LogP contribution in [0.3, 0.4) is 0 Å². The molecule has 56 heavy (non-hydrogen) atoms. The molecule has 11 rings (SSSR count). The summed E-state index contributed by atoms with van der Waals surface area (Å²) >= 11 is 1.89. The molecule has 8 aromatic rings. The predicted octanol–water partition coefficient (Wildman–Crippen LogP) is 14.3. The van der Waals surface area contributed by atoms with Crippen LogP contribution < -0.4 is 0 Å². The van der Waals surface area contributed by atoms with Gasteiger partial charge in [-0.2, -0.15) is 0 Å². The van der Waals surface area contributed by atoms with Crippen molar-refractivity contribution in [1.82, 2.24) is 0 Å². The van der Waals surface area contributed by atoms with Crippen molar-refractivity contribution in [3.05, 3.63) is 205 Å². The van der Waals surface area contributed by atoms with Crippen molar-refractivity contribution in [1.29, 1.82) is 0 Å². The molecule has 3 aliphatic rings. The van der Waals surface area contributed by atoms with Crippen LogP contribution in [-0.4, -0.2) is 16.3 Å². The maximum atomic E-state index is 5.18. The number of hydrogen-bond acceptors (Lipinski definition) is 2. The predicted molar refractivity (Wildman–Crippen MR) is 241 cm³/mol. The second-order valence-corrected chi connectivity index (χ2v) is 16.9. The van der Waals surface area contributed by atoms with E-state index in [0.717, 1.165) is 5.04 Å². The summed E-state index contributed by atoms with van der Waals surface area (Å²) in [6.45, 7) is 4.82. The molecule has 2 unspecified atom stereocenters. The lowest BCUT2D eigenvalue weighted by Crippen LogP contribution is -2.15. The average Bonchev–Trinajstić information content (AvgIpc) is 3.79. The van der Waals surface area contributed by atoms with Gasteiger partial charge in [-0.25, -0.2) is 0 Å². The number of hydrogen-bond donors (Lipinski definition) is 0. The molecule has 0 radical (unpaired) electrons. The number of benzene rings is 8. The van der Waals surface area contributed by atoms with Gasteiger partial charge in [0.1, 0.15) is 0 Å². The molecule has 266 valence electrons. The Morgan fingerprint density at radius 2 is 0.946 bits per heavy atom. The molecule has 2 aliphatic carbocycles. The first kappa shape index (κ1) is 33.1. The summed E-state index contributed by atoms with van der Waals surface area (Å²) in [5, 5.41) is 6.59. The second-order valence-electron chi connectivity index (χ2n) is 15.7. The molecular formula is C54H39NS. The van der Waals surface area contributed by atoms with Crippen LogP contribution in [0.1, 0.15) is 30.5 Å². The zero-order chi connectivity index (χ0) is 37.4. The van der Waals surface area contributed by atoms with E-state index in [1.165, 1.54) is 93.9 Å². The minimum absolute atomic E-state index is 0.213. The Bertz CT molecular complexity index is 2970. The molecule has 0 saturated carbocycles. The van der Waals surface area contributed by atoms with Crippen molar-refractivity contribution in [3.63, 3.8) is 0 Å². The number of aliphatic imine (C=N–C) groups is 1. The van der Waals surface area contributed by atoms with E-state index in [-0.39, 0.29) is 11.5 Å². The standard InChI is InChI=1S/C54H39NS/c1-54(2)47-31-36(53-55-49-27-15-16-28-50(49)56-53)29-30-39(47)44-32-45-46(33-48(44)54)52(41-24-12-10-22-38(41)35-19-7-4-8-20-35)43-26-14-13-25-42(43)51(45)40-23-11-9-21-37(40)34-17-5-3-6-18-34/h3-33,49-50H,1-2H3. The molecular weight excluding hydrogens is 695 g/mol. The van der Waals surface area contributed by atoms with E-state index < -0.39 is 0 Å². The first-order chi connectivity index (χ1) is 27.5. The minimum Gasteiger partial charge on any atom is -0.269 e. The molecule has 0 bridgehead atoms. The van der Waals surface area contributed by atoms with Crippen LogP contribution in [0.5, 0.6) is 0 Å². The quantitative estimate of drug-likeness (QED) is 0.160. The van der Waals surface area contributed by atoms with Gasteiger partial charge in [-0.05, 0) is 107 Å². The lowest BCUT2D eigenvalue weighted by Gasteiger charge is -2.25. The topological polar surface area (TPSA) is 12.4 Å². The lowest BCUT2D eigenvalue weighted by atomic mass is 9.78. The smallest absolute Gasteiger partial charge is 0.0991 e. The van der Waals surface area contributed by atoms with E-state index >= 15 is 0 Å². The second kappa shape index (κ2) is 12.9. The van der Waals surface area contributed by atoms with Crippen LogP contribution >= 0.6 is 11.8 Å². The van der Waals surface area contributed by atoms with Crippen LogP contribution in [0.2, 0.25) is 0 Å². The van der Waals surface area contributed by atoms with Crippen molar-refractivity contribution in [2.75, 3.05) is 0 Å². The Labute approximate surface area is 332 Å². The third-order valence-corrected chi connectivity index (χ3v) is 13.5. The van der Waals surface area contributed by atoms with Crippen molar-refractivity contribution in [2.24, 2.45) is 4.99 Å². The van der Waals surface area contributed by atoms with Crippen LogP contribution in [0, 0.1) is 0 Å². The summed E-state index contributed by atoms with van der Waals surface area (Å²) < 4.78 is 0. The van der Waals surface area contributed by atoms with Gasteiger partial charge in [0.05, 0.1) is 16.3 Å². The van der Waals surface area contributed by atoms with Crippen LogP contribution in [0.15, 0.2) is 193 Å². The molecule has 1 heterocycles. The maximum absolute atomic E-state index is 5.18. The number of thioether (sulfide) groups is 1. The van der Waals surface area contributed by atoms with Crippen molar-refractivity contribution in [3.8, 4) is 55.6 Å². The highest BCUT2D eigenvalue weighted by Gasteiger charge is 2.38. The summed E-state index contributed by atoms with van der Waals surface area (Å²) in [5.74, 6) is 0. The van der Waals surface area contributed by atoms with Gasteiger partial charge in [-0.1, -0.05) is 196 Å². The van der Waals surface area contributed by atoms with E-state index in [1.54, 1.807) is 0 Å². The van der Waals surface area contributed by atoms with Gasteiger partial charge in [0.25, 0.3) is 0 Å². The SMILES string of the molecule is CC1(C)c2cc(C3=NC4C=CC=CC4S3)ccc2-c2cc3c(-c4ccccc4-c4ccccc4)c4ccccc4c(-c4ccccc4-c4ccccc4)c3cc21. The summed E-state index contributed by atoms with van der Waals surface area (Å²) in [5.41, 5.74) is 16.4. The molecule has 1 aliphatic heterocycles. The van der Waals surface area contributed by atoms with Crippen LogP contribution in [0.25, 0.3) is 77.2 Å². The van der Waals surface area contributed by atoms with Crippen molar-refractivity contribution < 1.29 is 0 Å². The van der Waals surface area contributed by atoms with Gasteiger partial charge in [0.2, 0.25) is 0 Å². The number of nitrogens with zero attached hydrogens (tertiary/aromatic N) is 1. The molecule has 0 spiro atoms. The summed E-state index contributed by atoms with van der Waals surface area (Å²) in [4.78, 5) is 5.18. The minimum atomic E-state index is -0.213. The largest absolute Gasteiger partial charge is 0.269 e. The first-order valence-electron chi connectivity index (χ1n) is 19.6.